The first-order valence-corrected chi connectivity index (χ1v) is 4.49. The molecule has 0 atom stereocenters. The molecule has 0 unspecified atom stereocenters. The zero-order valence-corrected chi connectivity index (χ0v) is 8.58. The SMILES string of the molecule is Cn1cnc(Oc2ccnc(C(=N)N)c2)n1. The zero-order chi connectivity index (χ0) is 11.5. The van der Waals surface area contributed by atoms with Crippen molar-refractivity contribution in [1.29, 1.82) is 5.41 Å². The van der Waals surface area contributed by atoms with E-state index in [0.717, 1.165) is 0 Å². The molecule has 0 bridgehead atoms. The van der Waals surface area contributed by atoms with Crippen molar-refractivity contribution in [2.24, 2.45) is 12.8 Å². The lowest BCUT2D eigenvalue weighted by molar-refractivity contribution is 0.438. The van der Waals surface area contributed by atoms with Gasteiger partial charge >= 0.3 is 6.01 Å². The summed E-state index contributed by atoms with van der Waals surface area (Å²) >= 11 is 0. The second-order valence-corrected chi connectivity index (χ2v) is 3.09. The highest BCUT2D eigenvalue weighted by molar-refractivity contribution is 5.93. The summed E-state index contributed by atoms with van der Waals surface area (Å²) in [4.78, 5) is 7.82. The molecule has 2 aromatic heterocycles. The second kappa shape index (κ2) is 3.97. The minimum Gasteiger partial charge on any atom is -0.423 e. The van der Waals surface area contributed by atoms with E-state index < -0.39 is 0 Å². The maximum Gasteiger partial charge on any atom is 0.340 e. The topological polar surface area (TPSA) is 103 Å². The van der Waals surface area contributed by atoms with Gasteiger partial charge in [-0.3, -0.25) is 15.1 Å². The van der Waals surface area contributed by atoms with Crippen molar-refractivity contribution >= 4 is 5.84 Å². The fraction of sp³-hybridized carbons (Fsp3) is 0.111. The third-order valence-corrected chi connectivity index (χ3v) is 1.80. The molecule has 0 radical (unpaired) electrons. The number of nitrogens with one attached hydrogen (secondary N) is 1. The lowest BCUT2D eigenvalue weighted by Crippen LogP contribution is -2.12. The molecule has 0 fully saturated rings. The highest BCUT2D eigenvalue weighted by atomic mass is 16.5. The number of aryl methyl sites for hydroxylation is 1. The zero-order valence-electron chi connectivity index (χ0n) is 8.58. The van der Waals surface area contributed by atoms with Crippen LogP contribution in [-0.4, -0.2) is 25.6 Å². The Morgan fingerprint density at radius 3 is 2.94 bits per heavy atom. The van der Waals surface area contributed by atoms with Crippen LogP contribution in [0.4, 0.5) is 0 Å². The van der Waals surface area contributed by atoms with Crippen LogP contribution in [-0.2, 0) is 7.05 Å². The summed E-state index contributed by atoms with van der Waals surface area (Å²) in [6, 6.07) is 3.44. The van der Waals surface area contributed by atoms with Crippen molar-refractivity contribution in [1.82, 2.24) is 19.7 Å². The maximum atomic E-state index is 7.24. The largest absolute Gasteiger partial charge is 0.423 e. The van der Waals surface area contributed by atoms with Gasteiger partial charge in [0.2, 0.25) is 0 Å². The normalized spacial score (nSPS) is 10.1. The lowest BCUT2D eigenvalue weighted by Gasteiger charge is -2.02. The van der Waals surface area contributed by atoms with Gasteiger partial charge in [0.15, 0.2) is 0 Å². The van der Waals surface area contributed by atoms with Crippen LogP contribution in [0, 0.1) is 5.41 Å². The van der Waals surface area contributed by atoms with E-state index in [2.05, 4.69) is 15.1 Å². The summed E-state index contributed by atoms with van der Waals surface area (Å²) < 4.78 is 6.88. The van der Waals surface area contributed by atoms with Gasteiger partial charge in [-0.1, -0.05) is 0 Å². The van der Waals surface area contributed by atoms with Crippen LogP contribution in [0.3, 0.4) is 0 Å². The van der Waals surface area contributed by atoms with Gasteiger partial charge in [0, 0.05) is 19.3 Å². The summed E-state index contributed by atoms with van der Waals surface area (Å²) in [5.74, 6) is 0.380. The van der Waals surface area contributed by atoms with Crippen LogP contribution < -0.4 is 10.5 Å². The Bertz CT molecular complexity index is 520. The molecule has 0 aromatic carbocycles. The molecule has 0 spiro atoms. The van der Waals surface area contributed by atoms with Crippen molar-refractivity contribution in [3.63, 3.8) is 0 Å². The molecule has 7 heteroatoms. The van der Waals surface area contributed by atoms with Crippen LogP contribution >= 0.6 is 0 Å². The fourth-order valence-corrected chi connectivity index (χ4v) is 1.09. The number of nitrogens with zero attached hydrogens (tertiary/aromatic N) is 4. The Morgan fingerprint density at radius 2 is 2.31 bits per heavy atom. The first kappa shape index (κ1) is 10.1. The van der Waals surface area contributed by atoms with Gasteiger partial charge in [0.05, 0.1) is 0 Å². The number of pyridine rings is 1. The number of hydrogen-bond donors (Lipinski definition) is 2. The maximum absolute atomic E-state index is 7.24. The molecule has 2 aromatic rings. The van der Waals surface area contributed by atoms with Gasteiger partial charge in [0.1, 0.15) is 23.6 Å². The molecular weight excluding hydrogens is 208 g/mol. The molecule has 7 nitrogen and oxygen atoms in total. The van der Waals surface area contributed by atoms with Crippen LogP contribution in [0.2, 0.25) is 0 Å². The van der Waals surface area contributed by atoms with Crippen LogP contribution in [0.15, 0.2) is 24.7 Å². The molecule has 0 saturated heterocycles. The third kappa shape index (κ3) is 2.14. The predicted molar refractivity (Wildman–Crippen MR) is 56.3 cm³/mol. The van der Waals surface area contributed by atoms with Crippen molar-refractivity contribution in [2.45, 2.75) is 0 Å². The van der Waals surface area contributed by atoms with E-state index in [9.17, 15) is 0 Å². The van der Waals surface area contributed by atoms with E-state index in [1.165, 1.54) is 17.2 Å². The third-order valence-electron chi connectivity index (χ3n) is 1.80. The molecule has 82 valence electrons. The Kier molecular flexibility index (Phi) is 2.50. The molecule has 0 saturated carbocycles. The monoisotopic (exact) mass is 218 g/mol. The number of hydrogen-bond acceptors (Lipinski definition) is 5. The van der Waals surface area contributed by atoms with E-state index in [4.69, 9.17) is 15.9 Å². The smallest absolute Gasteiger partial charge is 0.340 e. The summed E-state index contributed by atoms with van der Waals surface area (Å²) in [5, 5.41) is 11.2. The highest BCUT2D eigenvalue weighted by Gasteiger charge is 2.04. The number of nitrogen functional groups attached to an aromatic ring is 1. The van der Waals surface area contributed by atoms with Gasteiger partial charge in [-0.2, -0.15) is 4.98 Å². The van der Waals surface area contributed by atoms with Gasteiger partial charge in [-0.05, 0) is 6.07 Å². The standard InChI is InChI=1S/C9H10N6O/c1-15-5-13-9(14-15)16-6-2-3-12-7(4-6)8(10)11/h2-5H,1H3,(H3,10,11). The molecule has 2 rings (SSSR count). The van der Waals surface area contributed by atoms with Gasteiger partial charge in [-0.25, -0.2) is 0 Å². The molecular formula is C9H10N6O. The first-order valence-electron chi connectivity index (χ1n) is 4.49. The van der Waals surface area contributed by atoms with E-state index in [1.54, 1.807) is 19.2 Å². The van der Waals surface area contributed by atoms with Crippen LogP contribution in [0.25, 0.3) is 0 Å². The second-order valence-electron chi connectivity index (χ2n) is 3.09. The van der Waals surface area contributed by atoms with Crippen molar-refractivity contribution in [3.05, 3.63) is 30.4 Å². The number of amidine groups is 1. The van der Waals surface area contributed by atoms with Crippen LogP contribution in [0.1, 0.15) is 5.69 Å². The Hall–Kier alpha value is -2.44. The fourth-order valence-electron chi connectivity index (χ4n) is 1.09. The van der Waals surface area contributed by atoms with E-state index >= 15 is 0 Å². The Labute approximate surface area is 91.4 Å². The van der Waals surface area contributed by atoms with E-state index in [1.807, 2.05) is 0 Å². The molecule has 0 amide bonds. The number of ether oxygens (including phenoxy) is 1. The minimum absolute atomic E-state index is 0.112. The summed E-state index contributed by atoms with van der Waals surface area (Å²) in [6.07, 6.45) is 3.04. The molecule has 0 aliphatic rings. The number of aromatic nitrogens is 4. The Balaban J connectivity index is 2.21. The summed E-state index contributed by atoms with van der Waals surface area (Å²) in [7, 11) is 1.74. The molecule has 2 heterocycles. The van der Waals surface area contributed by atoms with Crippen molar-refractivity contribution in [2.75, 3.05) is 0 Å². The van der Waals surface area contributed by atoms with Crippen molar-refractivity contribution in [3.8, 4) is 11.8 Å². The minimum atomic E-state index is -0.112. The van der Waals surface area contributed by atoms with Gasteiger partial charge < -0.3 is 10.5 Å². The van der Waals surface area contributed by atoms with E-state index in [-0.39, 0.29) is 11.8 Å². The lowest BCUT2D eigenvalue weighted by atomic mass is 10.3. The quantitative estimate of drug-likeness (QED) is 0.569. The molecule has 16 heavy (non-hydrogen) atoms. The molecule has 3 N–H and O–H groups in total. The van der Waals surface area contributed by atoms with Crippen LogP contribution in [0.5, 0.6) is 11.8 Å². The first-order chi connectivity index (χ1) is 7.65. The average molecular weight is 218 g/mol. The molecule has 0 aliphatic heterocycles. The predicted octanol–water partition coefficient (Wildman–Crippen LogP) is 0.286. The highest BCUT2D eigenvalue weighted by Crippen LogP contribution is 2.16. The number of rotatable bonds is 3. The number of nitrogens with two attached hydrogens (primary N) is 1. The van der Waals surface area contributed by atoms with Gasteiger partial charge in [-0.15, -0.1) is 5.10 Å². The van der Waals surface area contributed by atoms with Crippen molar-refractivity contribution < 1.29 is 4.74 Å². The Morgan fingerprint density at radius 1 is 1.50 bits per heavy atom. The van der Waals surface area contributed by atoms with E-state index in [0.29, 0.717) is 11.4 Å². The summed E-state index contributed by atoms with van der Waals surface area (Å²) in [5.41, 5.74) is 5.67. The average Bonchev–Trinajstić information content (AvgIpc) is 2.64. The summed E-state index contributed by atoms with van der Waals surface area (Å²) in [6.45, 7) is 0. The molecule has 0 aliphatic carbocycles. The van der Waals surface area contributed by atoms with Gasteiger partial charge in [0.25, 0.3) is 0 Å².